The number of hydrogen-bond donors (Lipinski definition) is 0. The summed E-state index contributed by atoms with van der Waals surface area (Å²) >= 11 is 2.75. The van der Waals surface area contributed by atoms with Gasteiger partial charge >= 0.3 is 0 Å². The number of amides is 1. The average molecular weight is 390 g/mol. The third-order valence-corrected chi connectivity index (χ3v) is 6.31. The van der Waals surface area contributed by atoms with Gasteiger partial charge in [-0.05, 0) is 23.8 Å². The van der Waals surface area contributed by atoms with E-state index in [-0.39, 0.29) is 23.1 Å². The fourth-order valence-electron chi connectivity index (χ4n) is 2.61. The van der Waals surface area contributed by atoms with Gasteiger partial charge in [0.1, 0.15) is 0 Å². The van der Waals surface area contributed by atoms with Gasteiger partial charge in [-0.25, -0.2) is 0 Å². The van der Waals surface area contributed by atoms with Crippen molar-refractivity contribution in [3.8, 4) is 0 Å². The highest BCUT2D eigenvalue weighted by Gasteiger charge is 2.34. The molecule has 0 aliphatic heterocycles. The number of anilines is 1. The zero-order chi connectivity index (χ0) is 18.9. The molecule has 0 atom stereocenters. The number of carbonyl (C=O) groups excluding carboxylic acids is 2. The number of hydrogen-bond acceptors (Lipinski definition) is 6. The number of aromatic nitrogens is 2. The molecule has 1 aromatic heterocycles. The Morgan fingerprint density at radius 1 is 1.19 bits per heavy atom. The van der Waals surface area contributed by atoms with E-state index in [2.05, 4.69) is 31.0 Å². The lowest BCUT2D eigenvalue weighted by Crippen LogP contribution is -2.30. The molecule has 1 aliphatic carbocycles. The molecule has 0 N–H and O–H groups in total. The minimum atomic E-state index is -0.00443. The molecule has 0 radical (unpaired) electrons. The first kappa shape index (κ1) is 19.0. The van der Waals surface area contributed by atoms with Gasteiger partial charge in [-0.3, -0.25) is 14.5 Å². The standard InChI is InChI=1S/C19H23N3O2S2/c1-12(23)22(15-9-10-15)17-20-21-18(26-17)25-11-16(24)13-5-7-14(8-6-13)19(2,3)4/h5-8,15H,9-11H2,1-4H3. The molecule has 7 heteroatoms. The molecule has 1 saturated carbocycles. The van der Waals surface area contributed by atoms with Crippen molar-refractivity contribution >= 4 is 39.9 Å². The van der Waals surface area contributed by atoms with Crippen LogP contribution in [-0.2, 0) is 10.2 Å². The largest absolute Gasteiger partial charge is 0.293 e. The molecule has 2 aromatic rings. The average Bonchev–Trinajstić information content (AvgIpc) is 3.29. The van der Waals surface area contributed by atoms with Crippen LogP contribution in [0.25, 0.3) is 0 Å². The Hall–Kier alpha value is -1.73. The summed E-state index contributed by atoms with van der Waals surface area (Å²) in [6.07, 6.45) is 2.04. The lowest BCUT2D eigenvalue weighted by atomic mass is 9.86. The van der Waals surface area contributed by atoms with Crippen molar-refractivity contribution in [1.82, 2.24) is 10.2 Å². The molecule has 1 aliphatic rings. The maximum absolute atomic E-state index is 12.4. The van der Waals surface area contributed by atoms with Crippen LogP contribution < -0.4 is 4.90 Å². The minimum Gasteiger partial charge on any atom is -0.293 e. The number of benzene rings is 1. The molecular weight excluding hydrogens is 366 g/mol. The first-order valence-corrected chi connectivity index (χ1v) is 10.5. The maximum atomic E-state index is 12.4. The molecule has 1 aromatic carbocycles. The van der Waals surface area contributed by atoms with Crippen molar-refractivity contribution in [3.05, 3.63) is 35.4 Å². The van der Waals surface area contributed by atoms with Gasteiger partial charge < -0.3 is 0 Å². The van der Waals surface area contributed by atoms with Crippen LogP contribution in [0.5, 0.6) is 0 Å². The van der Waals surface area contributed by atoms with Crippen LogP contribution in [0.15, 0.2) is 28.6 Å². The van der Waals surface area contributed by atoms with Crippen molar-refractivity contribution in [2.75, 3.05) is 10.7 Å². The van der Waals surface area contributed by atoms with E-state index in [1.165, 1.54) is 28.7 Å². The smallest absolute Gasteiger partial charge is 0.225 e. The Balaban J connectivity index is 1.60. The second-order valence-corrected chi connectivity index (χ2v) is 9.69. The molecule has 0 spiro atoms. The van der Waals surface area contributed by atoms with Crippen LogP contribution >= 0.6 is 23.1 Å². The molecule has 3 rings (SSSR count). The lowest BCUT2D eigenvalue weighted by Gasteiger charge is -2.18. The van der Waals surface area contributed by atoms with Crippen molar-refractivity contribution in [3.63, 3.8) is 0 Å². The predicted molar refractivity (Wildman–Crippen MR) is 106 cm³/mol. The highest BCUT2D eigenvalue weighted by atomic mass is 32.2. The highest BCUT2D eigenvalue weighted by molar-refractivity contribution is 8.01. The summed E-state index contributed by atoms with van der Waals surface area (Å²) in [6.45, 7) is 8.01. The van der Waals surface area contributed by atoms with E-state index in [1.807, 2.05) is 24.3 Å². The fourth-order valence-corrected chi connectivity index (χ4v) is 4.46. The monoisotopic (exact) mass is 389 g/mol. The predicted octanol–water partition coefficient (Wildman–Crippen LogP) is 4.33. The molecule has 1 heterocycles. The van der Waals surface area contributed by atoms with E-state index in [4.69, 9.17) is 0 Å². The Bertz CT molecular complexity index is 805. The van der Waals surface area contributed by atoms with Gasteiger partial charge in [0.2, 0.25) is 11.0 Å². The first-order valence-electron chi connectivity index (χ1n) is 8.65. The summed E-state index contributed by atoms with van der Waals surface area (Å²) in [5, 5.41) is 8.89. The highest BCUT2D eigenvalue weighted by Crippen LogP contribution is 2.35. The van der Waals surface area contributed by atoms with Gasteiger partial charge in [-0.1, -0.05) is 68.1 Å². The summed E-state index contributed by atoms with van der Waals surface area (Å²) in [6, 6.07) is 8.07. The number of Topliss-reactive ketones (excluding diaryl/α,β-unsaturated/α-hetero) is 1. The number of thioether (sulfide) groups is 1. The number of rotatable bonds is 6. The first-order chi connectivity index (χ1) is 12.3. The zero-order valence-corrected chi connectivity index (χ0v) is 17.1. The van der Waals surface area contributed by atoms with Gasteiger partial charge in [0.05, 0.1) is 5.75 Å². The van der Waals surface area contributed by atoms with Crippen molar-refractivity contribution < 1.29 is 9.59 Å². The van der Waals surface area contributed by atoms with E-state index in [9.17, 15) is 9.59 Å². The van der Waals surface area contributed by atoms with Crippen LogP contribution in [0.4, 0.5) is 5.13 Å². The van der Waals surface area contributed by atoms with Crippen molar-refractivity contribution in [1.29, 1.82) is 0 Å². The summed E-state index contributed by atoms with van der Waals surface area (Å²) in [5.41, 5.74) is 1.99. The molecule has 1 amide bonds. The second-order valence-electron chi connectivity index (χ2n) is 7.51. The Labute approximate surface area is 162 Å². The van der Waals surface area contributed by atoms with Gasteiger partial charge in [-0.2, -0.15) is 0 Å². The van der Waals surface area contributed by atoms with Crippen LogP contribution in [0.3, 0.4) is 0 Å². The normalized spacial score (nSPS) is 14.3. The third-order valence-electron chi connectivity index (χ3n) is 4.25. The zero-order valence-electron chi connectivity index (χ0n) is 15.5. The SMILES string of the molecule is CC(=O)N(c1nnc(SCC(=O)c2ccc(C(C)(C)C)cc2)s1)C1CC1. The topological polar surface area (TPSA) is 63.2 Å². The quantitative estimate of drug-likeness (QED) is 0.418. The van der Waals surface area contributed by atoms with Gasteiger partial charge in [0.25, 0.3) is 0 Å². The molecule has 5 nitrogen and oxygen atoms in total. The molecule has 26 heavy (non-hydrogen) atoms. The summed E-state index contributed by atoms with van der Waals surface area (Å²) in [4.78, 5) is 25.9. The number of nitrogens with zero attached hydrogens (tertiary/aromatic N) is 3. The van der Waals surface area contributed by atoms with E-state index >= 15 is 0 Å². The molecule has 0 bridgehead atoms. The van der Waals surface area contributed by atoms with Gasteiger partial charge in [0.15, 0.2) is 10.1 Å². The third kappa shape index (κ3) is 4.51. The van der Waals surface area contributed by atoms with E-state index in [0.29, 0.717) is 20.8 Å². The van der Waals surface area contributed by atoms with Crippen molar-refractivity contribution in [2.24, 2.45) is 0 Å². The number of ketones is 1. The summed E-state index contributed by atoms with van der Waals surface area (Å²) < 4.78 is 0.714. The second kappa shape index (κ2) is 7.48. The Kier molecular flexibility index (Phi) is 5.48. The fraction of sp³-hybridized carbons (Fsp3) is 0.474. The minimum absolute atomic E-state index is 0.00443. The Morgan fingerprint density at radius 3 is 2.38 bits per heavy atom. The van der Waals surface area contributed by atoms with Gasteiger partial charge in [0, 0.05) is 18.5 Å². The molecule has 0 unspecified atom stereocenters. The molecular formula is C19H23N3O2S2. The lowest BCUT2D eigenvalue weighted by molar-refractivity contribution is -0.116. The Morgan fingerprint density at radius 2 is 1.85 bits per heavy atom. The summed E-state index contributed by atoms with van der Waals surface area (Å²) in [5.74, 6) is 0.375. The van der Waals surface area contributed by atoms with E-state index in [0.717, 1.165) is 12.8 Å². The van der Waals surface area contributed by atoms with Gasteiger partial charge in [-0.15, -0.1) is 10.2 Å². The van der Waals surface area contributed by atoms with E-state index < -0.39 is 0 Å². The molecule has 0 saturated heterocycles. The van der Waals surface area contributed by atoms with Crippen LogP contribution in [-0.4, -0.2) is 33.7 Å². The number of carbonyl (C=O) groups is 2. The van der Waals surface area contributed by atoms with Crippen LogP contribution in [0, 0.1) is 0 Å². The van der Waals surface area contributed by atoms with Crippen LogP contribution in [0.2, 0.25) is 0 Å². The van der Waals surface area contributed by atoms with E-state index in [1.54, 1.807) is 11.8 Å². The molecule has 1 fully saturated rings. The van der Waals surface area contributed by atoms with Crippen molar-refractivity contribution in [2.45, 2.75) is 56.3 Å². The summed E-state index contributed by atoms with van der Waals surface area (Å²) in [7, 11) is 0. The molecule has 138 valence electrons. The van der Waals surface area contributed by atoms with Crippen LogP contribution in [0.1, 0.15) is 56.5 Å². The maximum Gasteiger partial charge on any atom is 0.225 e.